The molecule has 22 nitrogen and oxygen atoms in total. The van der Waals surface area contributed by atoms with Gasteiger partial charge in [0.05, 0.1) is 91.8 Å². The van der Waals surface area contributed by atoms with E-state index < -0.39 is 153 Å². The maximum absolute atomic E-state index is 12.6. The van der Waals surface area contributed by atoms with Gasteiger partial charge in [-0.2, -0.15) is 0 Å². The Morgan fingerprint density at radius 2 is 1.27 bits per heavy atom. The molecule has 0 aromatic heterocycles. The summed E-state index contributed by atoms with van der Waals surface area (Å²) in [5.41, 5.74) is 6.20. The van der Waals surface area contributed by atoms with Crippen LogP contribution in [0.5, 0.6) is 0 Å². The Kier molecular flexibility index (Phi) is 32.5. The van der Waals surface area contributed by atoms with E-state index in [1.165, 1.54) is 32.3 Å². The summed E-state index contributed by atoms with van der Waals surface area (Å²) in [4.78, 5) is 36.0. The van der Waals surface area contributed by atoms with Crippen molar-refractivity contribution in [2.75, 3.05) is 0 Å². The van der Waals surface area contributed by atoms with Crippen molar-refractivity contribution in [3.05, 3.63) is 85.1 Å². The van der Waals surface area contributed by atoms with E-state index in [2.05, 4.69) is 20.8 Å². The second-order valence-corrected chi connectivity index (χ2v) is 28.8. The number of fused-ring (bicyclic) bond motifs is 7. The summed E-state index contributed by atoms with van der Waals surface area (Å²) in [7, 11) is 0. The van der Waals surface area contributed by atoms with Gasteiger partial charge >= 0.3 is 41.5 Å². The number of nitrogens with two attached hydrogens (primary N) is 1. The number of ether oxygens (including phenoxy) is 4. The Hall–Kier alpha value is -3.05. The van der Waals surface area contributed by atoms with Crippen LogP contribution < -0.4 is 40.4 Å². The van der Waals surface area contributed by atoms with Crippen molar-refractivity contribution in [3.63, 3.8) is 0 Å². The summed E-state index contributed by atoms with van der Waals surface area (Å²) in [6.07, 6.45) is 12.4. The molecule has 4 aliphatic carbocycles. The molecule has 0 aromatic rings. The topological polar surface area (TPSA) is 400 Å². The third kappa shape index (κ3) is 22.0. The zero-order chi connectivity index (χ0) is 68.7. The predicted octanol–water partition coefficient (Wildman–Crippen LogP) is 0.859. The average Bonchev–Trinajstić information content (AvgIpc) is 1.40. The van der Waals surface area contributed by atoms with E-state index in [1.807, 2.05) is 19.1 Å². The monoisotopic (exact) mass is 1340 g/mol. The van der Waals surface area contributed by atoms with Crippen molar-refractivity contribution >= 4 is 17.9 Å². The number of hydrogen-bond donors (Lipinski definition) is 14. The fourth-order valence-corrected chi connectivity index (χ4v) is 16.7. The Morgan fingerprint density at radius 1 is 0.660 bits per heavy atom. The first-order valence-corrected chi connectivity index (χ1v) is 34.1. The summed E-state index contributed by atoms with van der Waals surface area (Å²) in [6.45, 7) is 13.7. The normalized spacial score (nSPS) is 46.9. The fourth-order valence-electron chi connectivity index (χ4n) is 16.7. The van der Waals surface area contributed by atoms with Crippen molar-refractivity contribution in [1.82, 2.24) is 0 Å². The number of aliphatic hydroxyl groups is 12. The molecule has 0 spiro atoms. The largest absolute Gasteiger partial charge is 1.00 e. The molecular formula is C71H112NNaO21. The molecule has 3 heterocycles. The van der Waals surface area contributed by atoms with Gasteiger partial charge in [-0.3, -0.25) is 9.59 Å². The van der Waals surface area contributed by atoms with Crippen molar-refractivity contribution in [2.24, 2.45) is 69.8 Å². The number of carbonyl (C=O) groups excluding carboxylic acids is 2. The fraction of sp³-hybridized carbons (Fsp3) is 0.761. The second-order valence-electron chi connectivity index (χ2n) is 28.8. The molecular weight excluding hydrogens is 1230 g/mol. The van der Waals surface area contributed by atoms with Crippen LogP contribution in [0.4, 0.5) is 0 Å². The molecule has 15 N–H and O–H groups in total. The van der Waals surface area contributed by atoms with E-state index in [0.29, 0.717) is 41.9 Å². The van der Waals surface area contributed by atoms with Crippen LogP contribution >= 0.6 is 0 Å². The van der Waals surface area contributed by atoms with Crippen LogP contribution in [-0.4, -0.2) is 194 Å². The summed E-state index contributed by atoms with van der Waals surface area (Å²) < 4.78 is 23.1. The van der Waals surface area contributed by atoms with E-state index in [0.717, 1.165) is 32.1 Å². The van der Waals surface area contributed by atoms with Crippen molar-refractivity contribution in [2.45, 2.75) is 274 Å². The predicted molar refractivity (Wildman–Crippen MR) is 343 cm³/mol. The SMILES string of the molecule is C[C@@H]1[C@H](O)[C@@H](C)/C=C/C=C/C=C/C=C/C=C/C=C/C=C/[C@H](O[C@@H]2O[C@H](C)[C@@H](O)[C@H](N)[C@@H]2O)C[C@@H]2O[C@](O)(C[C@@H](O)C[C@@H](O)[C@H](O)CC[C@@H](O)C[C@@H](O)CC(=O)O[C@H]1C)C[C@H](O)[C@H]2C(=O)O.C[C@H](CCC(=O)[O-])[C@H]1CC[C@H]2[C@@H]3CC[C@@H]4C[C@H](O)CC[C@]4(C)[C@H]3C[C@H](O)[C@]12C.[Na+]. The molecule has 2 saturated heterocycles. The zero-order valence-corrected chi connectivity index (χ0v) is 58.5. The molecule has 3 aliphatic heterocycles. The summed E-state index contributed by atoms with van der Waals surface area (Å²) in [5, 5.41) is 151. The Morgan fingerprint density at radius 3 is 1.88 bits per heavy atom. The van der Waals surface area contributed by atoms with Gasteiger partial charge in [0.2, 0.25) is 0 Å². The van der Waals surface area contributed by atoms with Gasteiger partial charge in [0.1, 0.15) is 18.1 Å². The molecule has 0 unspecified atom stereocenters. The summed E-state index contributed by atoms with van der Waals surface area (Å²) in [6, 6.07) is -1.15. The smallest absolute Gasteiger partial charge is 0.550 e. The van der Waals surface area contributed by atoms with Crippen LogP contribution in [0.25, 0.3) is 0 Å². The van der Waals surface area contributed by atoms with Gasteiger partial charge < -0.3 is 101 Å². The molecule has 0 radical (unpaired) electrons. The quantitative estimate of drug-likeness (QED) is 0.124. The van der Waals surface area contributed by atoms with Crippen LogP contribution in [0.2, 0.25) is 0 Å². The average molecular weight is 1340 g/mol. The Bertz CT molecular complexity index is 2580. The first-order chi connectivity index (χ1) is 43.8. The van der Waals surface area contributed by atoms with Crippen molar-refractivity contribution in [3.8, 4) is 0 Å². The minimum absolute atomic E-state index is 0. The van der Waals surface area contributed by atoms with Gasteiger partial charge in [0, 0.05) is 43.5 Å². The molecule has 4 saturated carbocycles. The standard InChI is InChI=1S/C47H73NO17.C24H40O4.Na/c1-27-17-15-13-11-9-7-5-6-8-10-12-14-16-18-34(64-46-44(58)41(48)43(57)30(4)63-46)24-38-40(45(59)60)37(54)26-47(61,65-38)25-33(51)22-36(53)35(52)20-19-31(49)21-32(50)23-39(55)62-29(3)28(2)42(27)56;1-14(4-9-22(27)28)18-7-8-19-17-6-5-15-12-16(25)10-11-23(15,2)20(17)13-21(26)24(18,19)3;/h5-18,27-38,40-44,46,49-54,56-58,61H,19-26,48H2,1-4H3,(H,59,60);14-21,25-26H,4-13H2,1-3H3,(H,27,28);/q;;+1/p-1/b6-5+,9-7+,10-8+,13-11+,14-12+,17-15+,18-16+;;/t27-,28-,29-,30+,31+,32+,33-,34-,35+,36+,37-,38-,40+,41-,42+,43+,44-,46-,47+;14-,15-,16-,17+,18-,19+,20+,21+,23+,24-;/m01./s1. The van der Waals surface area contributed by atoms with Crippen LogP contribution in [0, 0.1) is 64.1 Å². The maximum Gasteiger partial charge on any atom is 1.00 e. The van der Waals surface area contributed by atoms with E-state index in [9.17, 15) is 85.9 Å². The second kappa shape index (κ2) is 37.4. The van der Waals surface area contributed by atoms with Crippen molar-refractivity contribution < 1.29 is 134 Å². The van der Waals surface area contributed by atoms with Gasteiger partial charge in [0.15, 0.2) is 12.1 Å². The molecule has 528 valence electrons. The third-order valence-corrected chi connectivity index (χ3v) is 22.3. The molecule has 29 atom stereocenters. The molecule has 0 aromatic carbocycles. The Balaban J connectivity index is 0.000000454. The van der Waals surface area contributed by atoms with Crippen LogP contribution in [-0.2, 0) is 33.3 Å². The third-order valence-electron chi connectivity index (χ3n) is 22.3. The number of carbonyl (C=O) groups is 3. The molecule has 94 heavy (non-hydrogen) atoms. The van der Waals surface area contributed by atoms with Crippen LogP contribution in [0.15, 0.2) is 85.1 Å². The number of carboxylic acids is 2. The van der Waals surface area contributed by atoms with Gasteiger partial charge in [-0.05, 0) is 144 Å². The number of cyclic esters (lactones) is 1. The van der Waals surface area contributed by atoms with E-state index in [-0.39, 0.29) is 90.6 Å². The van der Waals surface area contributed by atoms with E-state index >= 15 is 0 Å². The first kappa shape index (κ1) is 81.6. The minimum Gasteiger partial charge on any atom is -0.550 e. The van der Waals surface area contributed by atoms with E-state index in [4.69, 9.17) is 24.7 Å². The first-order valence-electron chi connectivity index (χ1n) is 34.1. The van der Waals surface area contributed by atoms with Crippen molar-refractivity contribution in [1.29, 1.82) is 0 Å². The van der Waals surface area contributed by atoms with Crippen LogP contribution in [0.1, 0.15) is 164 Å². The number of allylic oxidation sites excluding steroid dienone is 12. The maximum atomic E-state index is 12.6. The van der Waals surface area contributed by atoms with E-state index in [1.54, 1.807) is 80.7 Å². The van der Waals surface area contributed by atoms with Gasteiger partial charge in [0.25, 0.3) is 0 Å². The molecule has 23 heteroatoms. The number of esters is 1. The minimum atomic E-state index is -2.33. The zero-order valence-electron chi connectivity index (χ0n) is 56.5. The number of rotatable bonds is 7. The Labute approximate surface area is 577 Å². The molecule has 6 fully saturated rings. The number of carboxylic acid groups (broad SMARTS) is 2. The number of aliphatic carboxylic acids is 2. The molecule has 7 rings (SSSR count). The van der Waals surface area contributed by atoms with Gasteiger partial charge in [-0.1, -0.05) is 120 Å². The molecule has 2 bridgehead atoms. The summed E-state index contributed by atoms with van der Waals surface area (Å²) >= 11 is 0. The number of aliphatic hydroxyl groups excluding tert-OH is 11. The van der Waals surface area contributed by atoms with Gasteiger partial charge in [-0.25, -0.2) is 0 Å². The number of hydrogen-bond acceptors (Lipinski definition) is 21. The summed E-state index contributed by atoms with van der Waals surface area (Å²) in [5.74, 6) is -4.64. The molecule has 7 aliphatic rings. The van der Waals surface area contributed by atoms with Gasteiger partial charge in [-0.15, -0.1) is 0 Å². The van der Waals surface area contributed by atoms with Crippen LogP contribution in [0.3, 0.4) is 0 Å². The molecule has 0 amide bonds.